The third kappa shape index (κ3) is 6.16. The Morgan fingerprint density at radius 1 is 0.967 bits per heavy atom. The number of nitrogens with one attached hydrogen (secondary N) is 1. The van der Waals surface area contributed by atoms with Gasteiger partial charge < -0.3 is 24.3 Å². The number of methoxy groups -OCH3 is 2. The summed E-state index contributed by atoms with van der Waals surface area (Å²) in [6.45, 7) is 13.0. The van der Waals surface area contributed by atoms with Gasteiger partial charge in [-0.1, -0.05) is 26.8 Å². The van der Waals surface area contributed by atoms with Crippen molar-refractivity contribution in [3.63, 3.8) is 0 Å². The van der Waals surface area contributed by atoms with Crippen LogP contribution in [0.5, 0.6) is 17.2 Å². The number of aliphatic hydroxyl groups excluding tert-OH is 1. The summed E-state index contributed by atoms with van der Waals surface area (Å²) in [6, 6.07) is 13.8. The van der Waals surface area contributed by atoms with Crippen molar-refractivity contribution in [2.45, 2.75) is 64.4 Å². The summed E-state index contributed by atoms with van der Waals surface area (Å²) in [7, 11) is 1.38. The van der Waals surface area contributed by atoms with E-state index in [4.69, 9.17) is 13.9 Å². The van der Waals surface area contributed by atoms with Crippen molar-refractivity contribution in [3.05, 3.63) is 48.0 Å². The van der Waals surface area contributed by atoms with Gasteiger partial charge in [0.15, 0.2) is 11.5 Å². The van der Waals surface area contributed by atoms with Crippen LogP contribution in [0.3, 0.4) is 0 Å². The SMILES string of the molecule is COc1ccc([C@H](CC(C)O)Nc2ccc(O[Si](C)(C)C(C)(C)C)cc2)cc1OC. The summed E-state index contributed by atoms with van der Waals surface area (Å²) in [5.74, 6) is 2.25. The van der Waals surface area contributed by atoms with Crippen LogP contribution in [0.15, 0.2) is 42.5 Å². The van der Waals surface area contributed by atoms with Crippen molar-refractivity contribution in [1.82, 2.24) is 0 Å². The van der Waals surface area contributed by atoms with Gasteiger partial charge >= 0.3 is 0 Å². The molecule has 0 saturated heterocycles. The van der Waals surface area contributed by atoms with E-state index in [1.165, 1.54) is 0 Å². The molecule has 0 amide bonds. The predicted molar refractivity (Wildman–Crippen MR) is 126 cm³/mol. The first kappa shape index (κ1) is 24.1. The number of aliphatic hydroxyl groups is 1. The summed E-state index contributed by atoms with van der Waals surface area (Å²) < 4.78 is 17.2. The van der Waals surface area contributed by atoms with Crippen LogP contribution in [0.1, 0.15) is 45.7 Å². The minimum absolute atomic E-state index is 0.0723. The molecule has 2 atom stereocenters. The van der Waals surface area contributed by atoms with Gasteiger partial charge in [0.05, 0.1) is 26.4 Å². The average molecular weight is 432 g/mol. The topological polar surface area (TPSA) is 60.0 Å². The fourth-order valence-corrected chi connectivity index (χ4v) is 3.99. The molecule has 0 bridgehead atoms. The molecule has 0 aliphatic heterocycles. The standard InChI is InChI=1S/C24H37NO4Si/c1-17(26)15-21(18-9-14-22(27-5)23(16-18)28-6)25-19-10-12-20(13-11-19)29-30(7,8)24(2,3)4/h9-14,16-17,21,25-26H,15H2,1-8H3/t17?,21-/m0/s1. The quantitative estimate of drug-likeness (QED) is 0.476. The zero-order valence-corrected chi connectivity index (χ0v) is 20.6. The van der Waals surface area contributed by atoms with E-state index in [1.807, 2.05) is 42.5 Å². The van der Waals surface area contributed by atoms with Crippen LogP contribution in [0, 0.1) is 0 Å². The summed E-state index contributed by atoms with van der Waals surface area (Å²) in [4.78, 5) is 0. The number of hydrogen-bond donors (Lipinski definition) is 2. The normalized spacial score (nSPS) is 14.0. The Labute approximate surface area is 182 Å². The highest BCUT2D eigenvalue weighted by molar-refractivity contribution is 6.74. The van der Waals surface area contributed by atoms with Crippen LogP contribution in [-0.2, 0) is 0 Å². The molecule has 0 heterocycles. The van der Waals surface area contributed by atoms with E-state index in [-0.39, 0.29) is 11.1 Å². The van der Waals surface area contributed by atoms with Gasteiger partial charge in [-0.05, 0) is 73.4 Å². The Morgan fingerprint density at radius 2 is 1.57 bits per heavy atom. The highest BCUT2D eigenvalue weighted by atomic mass is 28.4. The van der Waals surface area contributed by atoms with Crippen molar-refractivity contribution >= 4 is 14.0 Å². The fraction of sp³-hybridized carbons (Fsp3) is 0.500. The van der Waals surface area contributed by atoms with Crippen LogP contribution in [0.4, 0.5) is 5.69 Å². The number of anilines is 1. The second-order valence-electron chi connectivity index (χ2n) is 9.28. The van der Waals surface area contributed by atoms with Crippen LogP contribution >= 0.6 is 0 Å². The lowest BCUT2D eigenvalue weighted by atomic mass is 10.00. The molecule has 0 fully saturated rings. The Hall–Kier alpha value is -2.18. The Balaban J connectivity index is 2.21. The molecule has 0 saturated carbocycles. The summed E-state index contributed by atoms with van der Waals surface area (Å²) in [5, 5.41) is 13.7. The van der Waals surface area contributed by atoms with Crippen molar-refractivity contribution in [1.29, 1.82) is 0 Å². The number of rotatable bonds is 9. The highest BCUT2D eigenvalue weighted by Crippen LogP contribution is 2.38. The molecule has 6 heteroatoms. The number of hydrogen-bond acceptors (Lipinski definition) is 5. The third-order valence-electron chi connectivity index (χ3n) is 5.76. The van der Waals surface area contributed by atoms with E-state index in [1.54, 1.807) is 21.1 Å². The maximum absolute atomic E-state index is 10.0. The highest BCUT2D eigenvalue weighted by Gasteiger charge is 2.38. The van der Waals surface area contributed by atoms with Crippen LogP contribution < -0.4 is 19.2 Å². The molecule has 2 rings (SSSR count). The van der Waals surface area contributed by atoms with Gasteiger partial charge in [-0.3, -0.25) is 0 Å². The average Bonchev–Trinajstić information content (AvgIpc) is 2.67. The molecule has 2 aromatic carbocycles. The smallest absolute Gasteiger partial charge is 0.250 e. The zero-order chi connectivity index (χ0) is 22.5. The Bertz CT molecular complexity index is 813. The van der Waals surface area contributed by atoms with Crippen molar-refractivity contribution in [2.24, 2.45) is 0 Å². The van der Waals surface area contributed by atoms with Gasteiger partial charge in [-0.2, -0.15) is 0 Å². The first-order valence-electron chi connectivity index (χ1n) is 10.4. The Morgan fingerprint density at radius 3 is 2.07 bits per heavy atom. The van der Waals surface area contributed by atoms with E-state index < -0.39 is 14.4 Å². The molecule has 0 aliphatic carbocycles. The number of ether oxygens (including phenoxy) is 2. The molecule has 0 radical (unpaired) electrons. The minimum Gasteiger partial charge on any atom is -0.544 e. The third-order valence-corrected chi connectivity index (χ3v) is 10.1. The second kappa shape index (κ2) is 9.75. The predicted octanol–water partition coefficient (Wildman–Crippen LogP) is 6.01. The van der Waals surface area contributed by atoms with Gasteiger partial charge in [0.1, 0.15) is 5.75 Å². The van der Waals surface area contributed by atoms with Crippen LogP contribution in [-0.4, -0.2) is 33.7 Å². The molecule has 166 valence electrons. The van der Waals surface area contributed by atoms with Crippen molar-refractivity contribution in [2.75, 3.05) is 19.5 Å². The molecule has 5 nitrogen and oxygen atoms in total. The van der Waals surface area contributed by atoms with E-state index in [9.17, 15) is 5.11 Å². The van der Waals surface area contributed by atoms with Gasteiger partial charge in [0, 0.05) is 5.69 Å². The Kier molecular flexibility index (Phi) is 7.83. The lowest BCUT2D eigenvalue weighted by Crippen LogP contribution is -2.43. The van der Waals surface area contributed by atoms with Gasteiger partial charge in [0.25, 0.3) is 0 Å². The summed E-state index contributed by atoms with van der Waals surface area (Å²) in [5.41, 5.74) is 1.99. The zero-order valence-electron chi connectivity index (χ0n) is 19.6. The molecule has 1 unspecified atom stereocenters. The molecule has 0 aliphatic rings. The van der Waals surface area contributed by atoms with Gasteiger partial charge in [-0.25, -0.2) is 0 Å². The van der Waals surface area contributed by atoms with Crippen molar-refractivity contribution < 1.29 is 19.0 Å². The molecular formula is C24H37NO4Si. The maximum Gasteiger partial charge on any atom is 0.250 e. The van der Waals surface area contributed by atoms with Crippen LogP contribution in [0.2, 0.25) is 18.1 Å². The monoisotopic (exact) mass is 431 g/mol. The largest absolute Gasteiger partial charge is 0.544 e. The first-order chi connectivity index (χ1) is 14.0. The lowest BCUT2D eigenvalue weighted by Gasteiger charge is -2.36. The van der Waals surface area contributed by atoms with E-state index >= 15 is 0 Å². The van der Waals surface area contributed by atoms with E-state index in [2.05, 4.69) is 39.2 Å². The van der Waals surface area contributed by atoms with E-state index in [0.29, 0.717) is 17.9 Å². The summed E-state index contributed by atoms with van der Waals surface area (Å²) >= 11 is 0. The minimum atomic E-state index is -1.87. The lowest BCUT2D eigenvalue weighted by molar-refractivity contribution is 0.177. The van der Waals surface area contributed by atoms with Gasteiger partial charge in [-0.15, -0.1) is 0 Å². The second-order valence-corrected chi connectivity index (χ2v) is 14.0. The molecule has 2 aromatic rings. The maximum atomic E-state index is 10.0. The molecule has 2 N–H and O–H groups in total. The van der Waals surface area contributed by atoms with Crippen molar-refractivity contribution in [3.8, 4) is 17.2 Å². The fourth-order valence-electron chi connectivity index (χ4n) is 2.96. The molecular weight excluding hydrogens is 394 g/mol. The molecule has 0 spiro atoms. The van der Waals surface area contributed by atoms with Crippen LogP contribution in [0.25, 0.3) is 0 Å². The molecule has 30 heavy (non-hydrogen) atoms. The number of benzene rings is 2. The summed E-state index contributed by atoms with van der Waals surface area (Å²) in [6.07, 6.45) is 0.120. The molecule has 0 aromatic heterocycles. The van der Waals surface area contributed by atoms with E-state index in [0.717, 1.165) is 17.0 Å². The van der Waals surface area contributed by atoms with Gasteiger partial charge in [0.2, 0.25) is 8.32 Å². The first-order valence-corrected chi connectivity index (χ1v) is 13.3.